The third-order valence-corrected chi connectivity index (χ3v) is 4.48. The lowest BCUT2D eigenvalue weighted by molar-refractivity contribution is -0.199. The molecule has 3 heterocycles. The maximum Gasteiger partial charge on any atom is 0.335 e. The van der Waals surface area contributed by atoms with Gasteiger partial charge in [0.2, 0.25) is 0 Å². The van der Waals surface area contributed by atoms with Crippen molar-refractivity contribution in [2.75, 3.05) is 13.1 Å². The molecule has 3 rings (SSSR count). The van der Waals surface area contributed by atoms with E-state index in [0.717, 1.165) is 38.8 Å². The van der Waals surface area contributed by atoms with E-state index in [1.807, 2.05) is 0 Å². The minimum Gasteiger partial charge on any atom is -0.330 e. The van der Waals surface area contributed by atoms with E-state index < -0.39 is 17.8 Å². The number of nitrogens with zero attached hydrogens (tertiary/aromatic N) is 2. The standard InChI is InChI=1S/C13H18N2O4/c16-10-3-4-11(17)15(10)19-12(18)9-13-5-1-7-14(13)8-2-6-13/h1-9H2. The van der Waals surface area contributed by atoms with Gasteiger partial charge in [0.05, 0.1) is 6.42 Å². The molecule has 0 aromatic carbocycles. The maximum atomic E-state index is 12.0. The first-order valence-corrected chi connectivity index (χ1v) is 6.92. The first-order valence-electron chi connectivity index (χ1n) is 6.92. The Morgan fingerprint density at radius 3 is 2.26 bits per heavy atom. The molecule has 0 N–H and O–H groups in total. The second kappa shape index (κ2) is 4.59. The predicted molar refractivity (Wildman–Crippen MR) is 64.6 cm³/mol. The molecule has 0 aromatic heterocycles. The van der Waals surface area contributed by atoms with Crippen LogP contribution in [0.1, 0.15) is 44.9 Å². The van der Waals surface area contributed by atoms with E-state index in [-0.39, 0.29) is 24.8 Å². The van der Waals surface area contributed by atoms with Crippen molar-refractivity contribution >= 4 is 17.8 Å². The van der Waals surface area contributed by atoms with Crippen molar-refractivity contribution in [3.8, 4) is 0 Å². The highest BCUT2D eigenvalue weighted by atomic mass is 16.7. The topological polar surface area (TPSA) is 66.9 Å². The second-order valence-corrected chi connectivity index (χ2v) is 5.64. The molecular weight excluding hydrogens is 248 g/mol. The second-order valence-electron chi connectivity index (χ2n) is 5.64. The number of imide groups is 1. The van der Waals surface area contributed by atoms with Gasteiger partial charge < -0.3 is 4.84 Å². The Hall–Kier alpha value is -1.43. The number of carbonyl (C=O) groups is 3. The summed E-state index contributed by atoms with van der Waals surface area (Å²) < 4.78 is 0. The van der Waals surface area contributed by atoms with Gasteiger partial charge in [0.15, 0.2) is 0 Å². The van der Waals surface area contributed by atoms with Crippen LogP contribution in [0, 0.1) is 0 Å². The molecule has 0 spiro atoms. The highest BCUT2D eigenvalue weighted by Crippen LogP contribution is 2.41. The Bertz CT molecular complexity index is 408. The Kier molecular flexibility index (Phi) is 3.05. The van der Waals surface area contributed by atoms with Crippen LogP contribution in [0.3, 0.4) is 0 Å². The van der Waals surface area contributed by atoms with Gasteiger partial charge in [-0.3, -0.25) is 14.5 Å². The number of carbonyl (C=O) groups excluding carboxylic acids is 3. The smallest absolute Gasteiger partial charge is 0.330 e. The molecule has 3 fully saturated rings. The van der Waals surface area contributed by atoms with Crippen molar-refractivity contribution in [3.05, 3.63) is 0 Å². The average molecular weight is 266 g/mol. The van der Waals surface area contributed by atoms with Crippen molar-refractivity contribution in [2.24, 2.45) is 0 Å². The quantitative estimate of drug-likeness (QED) is 0.700. The molecule has 0 aromatic rings. The van der Waals surface area contributed by atoms with E-state index in [2.05, 4.69) is 4.90 Å². The SMILES string of the molecule is O=C(CC12CCCN1CCC2)ON1C(=O)CCC1=O. The summed E-state index contributed by atoms with van der Waals surface area (Å²) in [7, 11) is 0. The number of hydroxylamine groups is 2. The van der Waals surface area contributed by atoms with Gasteiger partial charge in [0, 0.05) is 18.4 Å². The normalized spacial score (nSPS) is 26.0. The molecule has 2 amide bonds. The summed E-state index contributed by atoms with van der Waals surface area (Å²) >= 11 is 0. The molecule has 0 atom stereocenters. The van der Waals surface area contributed by atoms with E-state index in [9.17, 15) is 14.4 Å². The zero-order valence-electron chi connectivity index (χ0n) is 10.9. The monoisotopic (exact) mass is 266 g/mol. The summed E-state index contributed by atoms with van der Waals surface area (Å²) in [5, 5.41) is 0.646. The molecule has 6 nitrogen and oxygen atoms in total. The van der Waals surface area contributed by atoms with Gasteiger partial charge in [-0.1, -0.05) is 0 Å². The van der Waals surface area contributed by atoms with Gasteiger partial charge in [0.1, 0.15) is 0 Å². The molecule has 0 aliphatic carbocycles. The fraction of sp³-hybridized carbons (Fsp3) is 0.769. The summed E-state index contributed by atoms with van der Waals surface area (Å²) in [6, 6.07) is 0. The Morgan fingerprint density at radius 1 is 1.11 bits per heavy atom. The lowest BCUT2D eigenvalue weighted by atomic mass is 9.90. The lowest BCUT2D eigenvalue weighted by Gasteiger charge is -2.31. The van der Waals surface area contributed by atoms with Gasteiger partial charge in [-0.2, -0.15) is 0 Å². The highest BCUT2D eigenvalue weighted by molar-refractivity contribution is 6.01. The van der Waals surface area contributed by atoms with Crippen LogP contribution in [0.25, 0.3) is 0 Å². The van der Waals surface area contributed by atoms with E-state index in [0.29, 0.717) is 5.06 Å². The Morgan fingerprint density at radius 2 is 1.68 bits per heavy atom. The van der Waals surface area contributed by atoms with Crippen LogP contribution in [0.15, 0.2) is 0 Å². The molecule has 0 saturated carbocycles. The minimum atomic E-state index is -0.461. The molecule has 0 radical (unpaired) electrons. The van der Waals surface area contributed by atoms with Crippen LogP contribution < -0.4 is 0 Å². The van der Waals surface area contributed by atoms with Crippen LogP contribution in [0.4, 0.5) is 0 Å². The minimum absolute atomic E-state index is 0.0805. The van der Waals surface area contributed by atoms with Crippen LogP contribution in [0.2, 0.25) is 0 Å². The molecule has 6 heteroatoms. The number of fused-ring (bicyclic) bond motifs is 1. The number of hydrogen-bond donors (Lipinski definition) is 0. The maximum absolute atomic E-state index is 12.0. The van der Waals surface area contributed by atoms with Crippen LogP contribution in [-0.4, -0.2) is 46.4 Å². The zero-order chi connectivity index (χ0) is 13.5. The van der Waals surface area contributed by atoms with Crippen LogP contribution in [0.5, 0.6) is 0 Å². The molecule has 19 heavy (non-hydrogen) atoms. The van der Waals surface area contributed by atoms with Gasteiger partial charge in [-0.05, 0) is 38.8 Å². The summed E-state index contributed by atoms with van der Waals surface area (Å²) in [4.78, 5) is 42.1. The van der Waals surface area contributed by atoms with E-state index in [1.54, 1.807) is 0 Å². The zero-order valence-corrected chi connectivity index (χ0v) is 10.9. The van der Waals surface area contributed by atoms with E-state index in [4.69, 9.17) is 4.84 Å². The van der Waals surface area contributed by atoms with Gasteiger partial charge in [-0.15, -0.1) is 5.06 Å². The van der Waals surface area contributed by atoms with Gasteiger partial charge in [-0.25, -0.2) is 4.79 Å². The summed E-state index contributed by atoms with van der Waals surface area (Å²) in [6.45, 7) is 2.07. The molecule has 0 bridgehead atoms. The number of amides is 2. The van der Waals surface area contributed by atoms with Gasteiger partial charge >= 0.3 is 5.97 Å². The molecular formula is C13H18N2O4. The summed E-state index contributed by atoms with van der Waals surface area (Å²) in [5.41, 5.74) is -0.0805. The van der Waals surface area contributed by atoms with Crippen molar-refractivity contribution in [1.29, 1.82) is 0 Å². The fourth-order valence-corrected chi connectivity index (χ4v) is 3.57. The first-order chi connectivity index (χ1) is 9.11. The van der Waals surface area contributed by atoms with Crippen molar-refractivity contribution in [1.82, 2.24) is 9.96 Å². The fourth-order valence-electron chi connectivity index (χ4n) is 3.57. The van der Waals surface area contributed by atoms with Crippen molar-refractivity contribution in [2.45, 2.75) is 50.5 Å². The first kappa shape index (κ1) is 12.6. The number of hydrogen-bond acceptors (Lipinski definition) is 5. The van der Waals surface area contributed by atoms with Crippen LogP contribution in [-0.2, 0) is 19.2 Å². The van der Waals surface area contributed by atoms with Crippen molar-refractivity contribution < 1.29 is 19.2 Å². The highest BCUT2D eigenvalue weighted by Gasteiger charge is 2.46. The van der Waals surface area contributed by atoms with Crippen molar-refractivity contribution in [3.63, 3.8) is 0 Å². The summed E-state index contributed by atoms with van der Waals surface area (Å²) in [5.74, 6) is -1.28. The Balaban J connectivity index is 1.62. The molecule has 104 valence electrons. The third-order valence-electron chi connectivity index (χ3n) is 4.48. The predicted octanol–water partition coefficient (Wildman–Crippen LogP) is 0.612. The van der Waals surface area contributed by atoms with Gasteiger partial charge in [0.25, 0.3) is 11.8 Å². The molecule has 3 saturated heterocycles. The Labute approximate surface area is 111 Å². The van der Waals surface area contributed by atoms with E-state index >= 15 is 0 Å². The number of rotatable bonds is 3. The third kappa shape index (κ3) is 2.14. The van der Waals surface area contributed by atoms with Crippen LogP contribution >= 0.6 is 0 Å². The summed E-state index contributed by atoms with van der Waals surface area (Å²) in [6.07, 6.45) is 4.79. The van der Waals surface area contributed by atoms with E-state index in [1.165, 1.54) is 0 Å². The molecule has 3 aliphatic rings. The largest absolute Gasteiger partial charge is 0.335 e. The molecule has 3 aliphatic heterocycles. The molecule has 0 unspecified atom stereocenters. The average Bonchev–Trinajstić information content (AvgIpc) is 2.98. The lowest BCUT2D eigenvalue weighted by Crippen LogP contribution is -2.42.